The van der Waals surface area contributed by atoms with Gasteiger partial charge in [0.1, 0.15) is 5.58 Å². The highest BCUT2D eigenvalue weighted by Gasteiger charge is 2.21. The van der Waals surface area contributed by atoms with Gasteiger partial charge in [0.15, 0.2) is 0 Å². The van der Waals surface area contributed by atoms with Crippen LogP contribution in [0.1, 0.15) is 24.0 Å². The lowest BCUT2D eigenvalue weighted by Crippen LogP contribution is -2.40. The lowest BCUT2D eigenvalue weighted by molar-refractivity contribution is -0.132. The number of likely N-dealkylation sites (N-methyl/N-ethyl adjacent to an activating group) is 1. The number of aliphatic hydroxyl groups is 1. The Morgan fingerprint density at radius 3 is 2.77 bits per heavy atom. The average molecular weight is 408 g/mol. The summed E-state index contributed by atoms with van der Waals surface area (Å²) in [6, 6.07) is 8.24. The highest BCUT2D eigenvalue weighted by molar-refractivity contribution is 5.86. The molecular weight excluding hydrogens is 378 g/mol. The lowest BCUT2D eigenvalue weighted by Gasteiger charge is -2.29. The molecule has 1 aliphatic heterocycles. The van der Waals surface area contributed by atoms with Gasteiger partial charge in [-0.25, -0.2) is 0 Å². The summed E-state index contributed by atoms with van der Waals surface area (Å²) < 4.78 is 5.72. The Kier molecular flexibility index (Phi) is 6.16. The Morgan fingerprint density at radius 1 is 1.20 bits per heavy atom. The number of benzene rings is 1. The first kappa shape index (κ1) is 20.6. The van der Waals surface area contributed by atoms with Crippen molar-refractivity contribution in [3.8, 4) is 11.1 Å². The fourth-order valence-electron chi connectivity index (χ4n) is 3.94. The molecule has 0 radical (unpaired) electrons. The maximum atomic E-state index is 12.6. The molecule has 0 atom stereocenters. The van der Waals surface area contributed by atoms with Crippen molar-refractivity contribution >= 4 is 16.9 Å². The molecule has 0 bridgehead atoms. The normalized spacial score (nSPS) is 15.3. The van der Waals surface area contributed by atoms with Crippen molar-refractivity contribution < 1.29 is 14.3 Å². The van der Waals surface area contributed by atoms with Crippen molar-refractivity contribution in [1.29, 1.82) is 0 Å². The van der Waals surface area contributed by atoms with Gasteiger partial charge in [-0.3, -0.25) is 9.78 Å². The fourth-order valence-corrected chi connectivity index (χ4v) is 3.94. The second-order valence-electron chi connectivity index (χ2n) is 8.40. The highest BCUT2D eigenvalue weighted by Crippen LogP contribution is 2.28. The van der Waals surface area contributed by atoms with E-state index in [9.17, 15) is 9.90 Å². The van der Waals surface area contributed by atoms with Crippen molar-refractivity contribution in [3.63, 3.8) is 0 Å². The molecule has 1 fully saturated rings. The largest absolute Gasteiger partial charge is 0.464 e. The molecule has 1 aromatic carbocycles. The minimum absolute atomic E-state index is 0.0945. The van der Waals surface area contributed by atoms with Crippen LogP contribution in [0.25, 0.3) is 22.1 Å². The quantitative estimate of drug-likeness (QED) is 0.680. The Balaban J connectivity index is 1.52. The predicted octanol–water partition coefficient (Wildman–Crippen LogP) is 3.12. The van der Waals surface area contributed by atoms with Gasteiger partial charge in [-0.05, 0) is 68.2 Å². The van der Waals surface area contributed by atoms with Gasteiger partial charge < -0.3 is 19.3 Å². The van der Waals surface area contributed by atoms with E-state index in [1.807, 2.05) is 35.6 Å². The van der Waals surface area contributed by atoms with Gasteiger partial charge in [0.05, 0.1) is 18.8 Å². The van der Waals surface area contributed by atoms with Crippen LogP contribution in [0, 0.1) is 0 Å². The Bertz CT molecular complexity index is 1020. The molecule has 0 aliphatic carbocycles. The number of furan rings is 1. The SMILES string of the molecule is CN(C)CCc1coc2ccc(-c3cncc(CC(=O)N4CCC(O)CC4)c3)cc12. The molecule has 0 spiro atoms. The summed E-state index contributed by atoms with van der Waals surface area (Å²) >= 11 is 0. The van der Waals surface area contributed by atoms with E-state index in [4.69, 9.17) is 4.42 Å². The fraction of sp³-hybridized carbons (Fsp3) is 0.417. The molecule has 6 nitrogen and oxygen atoms in total. The smallest absolute Gasteiger partial charge is 0.227 e. The highest BCUT2D eigenvalue weighted by atomic mass is 16.3. The van der Waals surface area contributed by atoms with Crippen molar-refractivity contribution in [2.45, 2.75) is 31.8 Å². The lowest BCUT2D eigenvalue weighted by atomic mass is 10.0. The topological polar surface area (TPSA) is 69.8 Å². The monoisotopic (exact) mass is 407 g/mol. The van der Waals surface area contributed by atoms with E-state index in [0.29, 0.717) is 32.4 Å². The zero-order valence-electron chi connectivity index (χ0n) is 17.7. The van der Waals surface area contributed by atoms with E-state index in [0.717, 1.165) is 40.6 Å². The standard InChI is InChI=1S/C24H29N3O3/c1-26(2)8-5-19-16-30-23-4-3-18(13-22(19)23)20-11-17(14-25-15-20)12-24(29)27-9-6-21(28)7-10-27/h3-4,11,13-16,21,28H,5-10,12H2,1-2H3. The number of nitrogens with zero attached hydrogens (tertiary/aromatic N) is 3. The summed E-state index contributed by atoms with van der Waals surface area (Å²) in [4.78, 5) is 21.0. The van der Waals surface area contributed by atoms with Crippen LogP contribution < -0.4 is 0 Å². The van der Waals surface area contributed by atoms with Crippen molar-refractivity contribution in [2.24, 2.45) is 0 Å². The zero-order valence-corrected chi connectivity index (χ0v) is 17.7. The van der Waals surface area contributed by atoms with E-state index in [-0.39, 0.29) is 12.0 Å². The van der Waals surface area contributed by atoms with E-state index in [1.54, 1.807) is 6.20 Å². The molecule has 2 aromatic heterocycles. The number of carbonyl (C=O) groups excluding carboxylic acids is 1. The maximum Gasteiger partial charge on any atom is 0.227 e. The van der Waals surface area contributed by atoms with Gasteiger partial charge in [-0.1, -0.05) is 6.07 Å². The number of hydrogen-bond acceptors (Lipinski definition) is 5. The minimum Gasteiger partial charge on any atom is -0.464 e. The van der Waals surface area contributed by atoms with Crippen LogP contribution >= 0.6 is 0 Å². The van der Waals surface area contributed by atoms with Gasteiger partial charge in [0.25, 0.3) is 0 Å². The summed E-state index contributed by atoms with van der Waals surface area (Å²) in [6.07, 6.45) is 7.75. The number of amides is 1. The third kappa shape index (κ3) is 4.71. The Hall–Kier alpha value is -2.70. The van der Waals surface area contributed by atoms with E-state index >= 15 is 0 Å². The molecular formula is C24H29N3O3. The molecule has 30 heavy (non-hydrogen) atoms. The van der Waals surface area contributed by atoms with Crippen LogP contribution in [0.5, 0.6) is 0 Å². The van der Waals surface area contributed by atoms with Crippen LogP contribution in [-0.4, -0.2) is 65.6 Å². The zero-order chi connectivity index (χ0) is 21.1. The number of pyridine rings is 1. The van der Waals surface area contributed by atoms with E-state index in [2.05, 4.69) is 30.0 Å². The third-order valence-corrected chi connectivity index (χ3v) is 5.78. The second-order valence-corrected chi connectivity index (χ2v) is 8.40. The molecule has 3 heterocycles. The van der Waals surface area contributed by atoms with Crippen LogP contribution in [0.4, 0.5) is 0 Å². The van der Waals surface area contributed by atoms with Gasteiger partial charge in [-0.2, -0.15) is 0 Å². The number of rotatable bonds is 6. The Morgan fingerprint density at radius 2 is 2.00 bits per heavy atom. The number of fused-ring (bicyclic) bond motifs is 1. The number of hydrogen-bond donors (Lipinski definition) is 1. The summed E-state index contributed by atoms with van der Waals surface area (Å²) in [7, 11) is 4.14. The molecule has 1 amide bonds. The van der Waals surface area contributed by atoms with Crippen LogP contribution in [0.2, 0.25) is 0 Å². The number of likely N-dealkylation sites (tertiary alicyclic amines) is 1. The molecule has 1 aliphatic rings. The number of aliphatic hydroxyl groups excluding tert-OH is 1. The van der Waals surface area contributed by atoms with Crippen molar-refractivity contribution in [1.82, 2.24) is 14.8 Å². The van der Waals surface area contributed by atoms with E-state index in [1.165, 1.54) is 5.56 Å². The Labute approximate surface area is 177 Å². The van der Waals surface area contributed by atoms with Crippen LogP contribution in [-0.2, 0) is 17.6 Å². The van der Waals surface area contributed by atoms with Gasteiger partial charge in [-0.15, -0.1) is 0 Å². The van der Waals surface area contributed by atoms with Crippen molar-refractivity contribution in [3.05, 3.63) is 54.0 Å². The molecule has 1 N–H and O–H groups in total. The summed E-state index contributed by atoms with van der Waals surface area (Å²) in [5, 5.41) is 10.8. The minimum atomic E-state index is -0.278. The molecule has 158 valence electrons. The first-order chi connectivity index (χ1) is 14.5. The van der Waals surface area contributed by atoms with Gasteiger partial charge in [0.2, 0.25) is 5.91 Å². The second kappa shape index (κ2) is 8.98. The van der Waals surface area contributed by atoms with Gasteiger partial charge in [0, 0.05) is 43.0 Å². The molecule has 4 rings (SSSR count). The molecule has 0 saturated carbocycles. The maximum absolute atomic E-state index is 12.6. The molecule has 1 saturated heterocycles. The number of aromatic nitrogens is 1. The molecule has 3 aromatic rings. The first-order valence-electron chi connectivity index (χ1n) is 10.5. The average Bonchev–Trinajstić information content (AvgIpc) is 3.15. The summed E-state index contributed by atoms with van der Waals surface area (Å²) in [5.74, 6) is 0.0945. The first-order valence-corrected chi connectivity index (χ1v) is 10.5. The number of piperidine rings is 1. The summed E-state index contributed by atoms with van der Waals surface area (Å²) in [6.45, 7) is 2.21. The van der Waals surface area contributed by atoms with E-state index < -0.39 is 0 Å². The van der Waals surface area contributed by atoms with Crippen LogP contribution in [0.3, 0.4) is 0 Å². The molecule has 6 heteroatoms. The van der Waals surface area contributed by atoms with Gasteiger partial charge >= 0.3 is 0 Å². The molecule has 0 unspecified atom stereocenters. The number of carbonyl (C=O) groups is 1. The van der Waals surface area contributed by atoms with Crippen LogP contribution in [0.15, 0.2) is 47.3 Å². The predicted molar refractivity (Wildman–Crippen MR) is 117 cm³/mol. The third-order valence-electron chi connectivity index (χ3n) is 5.78. The van der Waals surface area contributed by atoms with Crippen molar-refractivity contribution in [2.75, 3.05) is 33.7 Å². The summed E-state index contributed by atoms with van der Waals surface area (Å²) in [5.41, 5.74) is 5.06.